The molecule has 0 unspecified atom stereocenters. The summed E-state index contributed by atoms with van der Waals surface area (Å²) >= 11 is 6.15. The first-order valence-electron chi connectivity index (χ1n) is 8.64. The van der Waals surface area contributed by atoms with Gasteiger partial charge in [-0.15, -0.1) is 0 Å². The van der Waals surface area contributed by atoms with Gasteiger partial charge in [0.05, 0.1) is 31.4 Å². The number of piperidine rings is 1. The van der Waals surface area contributed by atoms with Crippen molar-refractivity contribution >= 4 is 29.1 Å². The summed E-state index contributed by atoms with van der Waals surface area (Å²) in [6, 6.07) is 4.86. The Labute approximate surface area is 151 Å². The molecule has 3 saturated heterocycles. The zero-order valence-electron chi connectivity index (χ0n) is 14.2. The van der Waals surface area contributed by atoms with Crippen molar-refractivity contribution in [3.05, 3.63) is 28.8 Å². The molecule has 1 aromatic carbocycles. The fourth-order valence-electron chi connectivity index (χ4n) is 3.86. The van der Waals surface area contributed by atoms with Crippen LogP contribution in [0, 0.1) is 6.92 Å². The van der Waals surface area contributed by atoms with Crippen molar-refractivity contribution < 1.29 is 19.1 Å². The fraction of sp³-hybridized carbons (Fsp3) is 0.556. The molecule has 0 N–H and O–H groups in total. The quantitative estimate of drug-likeness (QED) is 0.752. The minimum Gasteiger partial charge on any atom is -0.347 e. The minimum absolute atomic E-state index is 0.172. The number of amides is 2. The number of halogens is 1. The van der Waals surface area contributed by atoms with E-state index in [4.69, 9.17) is 21.1 Å². The average Bonchev–Trinajstić information content (AvgIpc) is 3.16. The highest BCUT2D eigenvalue weighted by Crippen LogP contribution is 2.35. The lowest BCUT2D eigenvalue weighted by Gasteiger charge is -2.39. The van der Waals surface area contributed by atoms with Crippen molar-refractivity contribution in [2.24, 2.45) is 0 Å². The molecule has 0 radical (unpaired) electrons. The van der Waals surface area contributed by atoms with Crippen LogP contribution in [0.1, 0.15) is 24.8 Å². The number of hydrogen-bond donors (Lipinski definition) is 0. The van der Waals surface area contributed by atoms with Crippen LogP contribution < -0.4 is 4.90 Å². The van der Waals surface area contributed by atoms with E-state index in [0.717, 1.165) is 18.4 Å². The molecular formula is C18H21ClN2O4. The number of nitrogens with zero attached hydrogens (tertiary/aromatic N) is 2. The van der Waals surface area contributed by atoms with Crippen LogP contribution in [0.4, 0.5) is 5.69 Å². The lowest BCUT2D eigenvalue weighted by Crippen LogP contribution is -2.51. The molecule has 0 bridgehead atoms. The van der Waals surface area contributed by atoms with E-state index >= 15 is 0 Å². The highest BCUT2D eigenvalue weighted by Gasteiger charge is 2.47. The maximum Gasteiger partial charge on any atom is 0.251 e. The molecule has 3 heterocycles. The third-order valence-corrected chi connectivity index (χ3v) is 5.76. The van der Waals surface area contributed by atoms with Crippen molar-refractivity contribution in [2.75, 3.05) is 31.2 Å². The average molecular weight is 365 g/mol. The molecule has 0 saturated carbocycles. The van der Waals surface area contributed by atoms with Gasteiger partial charge < -0.3 is 9.47 Å². The molecule has 25 heavy (non-hydrogen) atoms. The molecule has 7 heteroatoms. The van der Waals surface area contributed by atoms with Crippen LogP contribution in [0.15, 0.2) is 18.2 Å². The van der Waals surface area contributed by atoms with E-state index in [-0.39, 0.29) is 18.2 Å². The summed E-state index contributed by atoms with van der Waals surface area (Å²) in [4.78, 5) is 28.7. The standard InChI is InChI=1S/C18H21ClN2O4/c1-12-2-3-13(10-14(12)19)21-16(22)11-15(17(21)23)20-6-4-18(5-7-20)24-8-9-25-18/h2-3,10,15H,4-9,11H2,1H3/t15-/m0/s1. The summed E-state index contributed by atoms with van der Waals surface area (Å²) < 4.78 is 11.5. The second-order valence-electron chi connectivity index (χ2n) is 6.86. The number of anilines is 1. The summed E-state index contributed by atoms with van der Waals surface area (Å²) in [6.07, 6.45) is 1.65. The molecule has 0 aromatic heterocycles. The molecule has 3 aliphatic rings. The van der Waals surface area contributed by atoms with Crippen LogP contribution in [0.3, 0.4) is 0 Å². The van der Waals surface area contributed by atoms with Crippen molar-refractivity contribution in [1.82, 2.24) is 4.90 Å². The van der Waals surface area contributed by atoms with E-state index in [1.54, 1.807) is 12.1 Å². The third-order valence-electron chi connectivity index (χ3n) is 5.35. The Bertz CT molecular complexity index is 707. The number of carbonyl (C=O) groups is 2. The second-order valence-corrected chi connectivity index (χ2v) is 7.27. The highest BCUT2D eigenvalue weighted by atomic mass is 35.5. The van der Waals surface area contributed by atoms with Crippen molar-refractivity contribution in [1.29, 1.82) is 0 Å². The minimum atomic E-state index is -0.480. The van der Waals surface area contributed by atoms with Crippen molar-refractivity contribution in [2.45, 2.75) is 38.0 Å². The first-order valence-corrected chi connectivity index (χ1v) is 9.02. The van der Waals surface area contributed by atoms with Gasteiger partial charge in [0.1, 0.15) is 0 Å². The molecule has 4 rings (SSSR count). The van der Waals surface area contributed by atoms with Gasteiger partial charge in [-0.2, -0.15) is 0 Å². The topological polar surface area (TPSA) is 59.1 Å². The van der Waals surface area contributed by atoms with E-state index in [9.17, 15) is 9.59 Å². The number of rotatable bonds is 2. The fourth-order valence-corrected chi connectivity index (χ4v) is 4.03. The predicted molar refractivity (Wildman–Crippen MR) is 92.5 cm³/mol. The Morgan fingerprint density at radius 2 is 1.84 bits per heavy atom. The van der Waals surface area contributed by atoms with Crippen molar-refractivity contribution in [3.63, 3.8) is 0 Å². The Hall–Kier alpha value is -1.47. The van der Waals surface area contributed by atoms with E-state index in [1.165, 1.54) is 4.90 Å². The molecule has 1 aromatic rings. The van der Waals surface area contributed by atoms with Gasteiger partial charge in [0, 0.05) is 31.0 Å². The van der Waals surface area contributed by atoms with E-state index in [1.807, 2.05) is 13.0 Å². The van der Waals surface area contributed by atoms with E-state index in [0.29, 0.717) is 37.0 Å². The van der Waals surface area contributed by atoms with Gasteiger partial charge in [0.25, 0.3) is 5.91 Å². The predicted octanol–water partition coefficient (Wildman–Crippen LogP) is 2.12. The maximum atomic E-state index is 12.9. The summed E-state index contributed by atoms with van der Waals surface area (Å²) in [7, 11) is 0. The van der Waals surface area contributed by atoms with Gasteiger partial charge in [-0.25, -0.2) is 4.90 Å². The Morgan fingerprint density at radius 1 is 1.16 bits per heavy atom. The monoisotopic (exact) mass is 364 g/mol. The number of ether oxygens (including phenoxy) is 2. The molecule has 134 valence electrons. The molecule has 1 spiro atoms. The Kier molecular flexibility index (Phi) is 4.32. The molecular weight excluding hydrogens is 344 g/mol. The third kappa shape index (κ3) is 2.97. The van der Waals surface area contributed by atoms with Crippen LogP contribution in [-0.2, 0) is 19.1 Å². The summed E-state index contributed by atoms with van der Waals surface area (Å²) in [5, 5.41) is 0.553. The van der Waals surface area contributed by atoms with Crippen LogP contribution in [-0.4, -0.2) is 54.8 Å². The van der Waals surface area contributed by atoms with Crippen LogP contribution in [0.2, 0.25) is 5.02 Å². The summed E-state index contributed by atoms with van der Waals surface area (Å²) in [6.45, 7) is 4.52. The summed E-state index contributed by atoms with van der Waals surface area (Å²) in [5.74, 6) is -0.829. The van der Waals surface area contributed by atoms with Gasteiger partial charge >= 0.3 is 0 Å². The maximum absolute atomic E-state index is 12.9. The zero-order valence-corrected chi connectivity index (χ0v) is 14.9. The van der Waals surface area contributed by atoms with E-state index in [2.05, 4.69) is 4.90 Å². The zero-order chi connectivity index (χ0) is 17.6. The van der Waals surface area contributed by atoms with Gasteiger partial charge in [0.2, 0.25) is 5.91 Å². The van der Waals surface area contributed by atoms with E-state index < -0.39 is 11.8 Å². The van der Waals surface area contributed by atoms with Gasteiger partial charge in [-0.3, -0.25) is 14.5 Å². The number of likely N-dealkylation sites (tertiary alicyclic amines) is 1. The molecule has 3 fully saturated rings. The van der Waals surface area contributed by atoms with Gasteiger partial charge in [-0.05, 0) is 24.6 Å². The number of aryl methyl sites for hydroxylation is 1. The van der Waals surface area contributed by atoms with Gasteiger partial charge in [-0.1, -0.05) is 17.7 Å². The molecule has 2 amide bonds. The number of hydrogen-bond acceptors (Lipinski definition) is 5. The molecule has 3 aliphatic heterocycles. The highest BCUT2D eigenvalue weighted by molar-refractivity contribution is 6.32. The number of imide groups is 1. The SMILES string of the molecule is Cc1ccc(N2C(=O)C[C@H](N3CCC4(CC3)OCCO4)C2=O)cc1Cl. The van der Waals surface area contributed by atoms with Crippen LogP contribution in [0.25, 0.3) is 0 Å². The molecule has 6 nitrogen and oxygen atoms in total. The summed E-state index contributed by atoms with van der Waals surface area (Å²) in [5.41, 5.74) is 1.46. The van der Waals surface area contributed by atoms with Crippen LogP contribution >= 0.6 is 11.6 Å². The normalized spacial score (nSPS) is 26.8. The molecule has 1 atom stereocenters. The lowest BCUT2D eigenvalue weighted by atomic mass is 10.0. The Balaban J connectivity index is 1.48. The Morgan fingerprint density at radius 3 is 2.48 bits per heavy atom. The number of benzene rings is 1. The molecule has 0 aliphatic carbocycles. The lowest BCUT2D eigenvalue weighted by molar-refractivity contribution is -0.188. The van der Waals surface area contributed by atoms with Gasteiger partial charge in [0.15, 0.2) is 5.79 Å². The largest absolute Gasteiger partial charge is 0.347 e. The second kappa shape index (κ2) is 6.36. The first kappa shape index (κ1) is 17.0. The van der Waals surface area contributed by atoms with Crippen molar-refractivity contribution in [3.8, 4) is 0 Å². The first-order chi connectivity index (χ1) is 12.0. The smallest absolute Gasteiger partial charge is 0.251 e. The number of carbonyl (C=O) groups excluding carboxylic acids is 2. The van der Waals surface area contributed by atoms with Crippen LogP contribution in [0.5, 0.6) is 0 Å².